The van der Waals surface area contributed by atoms with Gasteiger partial charge in [-0.15, -0.1) is 0 Å². The van der Waals surface area contributed by atoms with Crippen LogP contribution in [0, 0.1) is 13.8 Å². The van der Waals surface area contributed by atoms with Gasteiger partial charge in [-0.1, -0.05) is 35.1 Å². The topological polar surface area (TPSA) is 19.4 Å². The van der Waals surface area contributed by atoms with Crippen LogP contribution in [0.2, 0.25) is 5.02 Å². The number of rotatable bonds is 2. The molecule has 0 atom stereocenters. The van der Waals surface area contributed by atoms with Crippen LogP contribution in [-0.2, 0) is 0 Å². The van der Waals surface area contributed by atoms with Gasteiger partial charge in [0, 0.05) is 36.9 Å². The molecule has 3 aromatic rings. The van der Waals surface area contributed by atoms with Gasteiger partial charge in [0.15, 0.2) is 5.13 Å². The minimum atomic E-state index is 0.798. The first-order valence-electron chi connectivity index (χ1n) is 8.24. The molecule has 1 fully saturated rings. The maximum atomic E-state index is 6.12. The number of halogens is 1. The number of anilines is 2. The normalized spacial score (nSPS) is 15.3. The van der Waals surface area contributed by atoms with Crippen molar-refractivity contribution in [1.29, 1.82) is 0 Å². The fourth-order valence-electron chi connectivity index (χ4n) is 3.18. The maximum Gasteiger partial charge on any atom is 0.186 e. The summed E-state index contributed by atoms with van der Waals surface area (Å²) < 4.78 is 1.28. The zero-order valence-corrected chi connectivity index (χ0v) is 15.5. The summed E-state index contributed by atoms with van der Waals surface area (Å²) in [6, 6.07) is 12.5. The zero-order chi connectivity index (χ0) is 16.7. The zero-order valence-electron chi connectivity index (χ0n) is 13.9. The van der Waals surface area contributed by atoms with E-state index in [4.69, 9.17) is 16.6 Å². The number of nitrogens with zero attached hydrogens (tertiary/aromatic N) is 3. The van der Waals surface area contributed by atoms with Crippen LogP contribution in [0.1, 0.15) is 11.1 Å². The lowest BCUT2D eigenvalue weighted by Crippen LogP contribution is -2.46. The molecule has 0 unspecified atom stereocenters. The van der Waals surface area contributed by atoms with Crippen molar-refractivity contribution in [2.45, 2.75) is 13.8 Å². The van der Waals surface area contributed by atoms with Crippen LogP contribution < -0.4 is 9.80 Å². The highest BCUT2D eigenvalue weighted by atomic mass is 35.5. The van der Waals surface area contributed by atoms with Crippen LogP contribution in [0.5, 0.6) is 0 Å². The molecule has 0 radical (unpaired) electrons. The Morgan fingerprint density at radius 1 is 1.00 bits per heavy atom. The van der Waals surface area contributed by atoms with E-state index in [0.717, 1.165) is 41.8 Å². The van der Waals surface area contributed by atoms with Crippen molar-refractivity contribution in [2.75, 3.05) is 36.0 Å². The monoisotopic (exact) mass is 357 g/mol. The lowest BCUT2D eigenvalue weighted by Gasteiger charge is -2.36. The SMILES string of the molecule is Cc1ccc2sc(N3CCN(c4cccc(Cl)c4)CC3)nc2c1C. The summed E-state index contributed by atoms with van der Waals surface area (Å²) in [6.45, 7) is 8.28. The molecule has 3 nitrogen and oxygen atoms in total. The Labute approximate surface area is 151 Å². The molecule has 1 saturated heterocycles. The largest absolute Gasteiger partial charge is 0.368 e. The fourth-order valence-corrected chi connectivity index (χ4v) is 4.44. The number of fused-ring (bicyclic) bond motifs is 1. The molecule has 1 aliphatic rings. The van der Waals surface area contributed by atoms with Gasteiger partial charge in [0.2, 0.25) is 0 Å². The number of hydrogen-bond acceptors (Lipinski definition) is 4. The van der Waals surface area contributed by atoms with Gasteiger partial charge in [-0.25, -0.2) is 4.98 Å². The smallest absolute Gasteiger partial charge is 0.186 e. The van der Waals surface area contributed by atoms with Gasteiger partial charge in [0.25, 0.3) is 0 Å². The Bertz CT molecular complexity index is 881. The number of piperazine rings is 1. The first-order chi connectivity index (χ1) is 11.6. The number of aryl methyl sites for hydroxylation is 2. The van der Waals surface area contributed by atoms with Crippen LogP contribution in [0.3, 0.4) is 0 Å². The average molecular weight is 358 g/mol. The highest BCUT2D eigenvalue weighted by molar-refractivity contribution is 7.22. The van der Waals surface area contributed by atoms with E-state index < -0.39 is 0 Å². The Kier molecular flexibility index (Phi) is 4.10. The van der Waals surface area contributed by atoms with Crippen molar-refractivity contribution < 1.29 is 0 Å². The molecule has 0 N–H and O–H groups in total. The quantitative estimate of drug-likeness (QED) is 0.650. The number of hydrogen-bond donors (Lipinski definition) is 0. The molecule has 1 aromatic heterocycles. The van der Waals surface area contributed by atoms with Crippen LogP contribution in [0.25, 0.3) is 10.2 Å². The van der Waals surface area contributed by atoms with Gasteiger partial charge in [-0.2, -0.15) is 0 Å². The second-order valence-corrected chi connectivity index (χ2v) is 7.75. The standard InChI is InChI=1S/C19H20ClN3S/c1-13-6-7-17-18(14(13)2)21-19(24-17)23-10-8-22(9-11-23)16-5-3-4-15(20)12-16/h3-7,12H,8-11H2,1-2H3. The Balaban J connectivity index is 1.53. The van der Waals surface area contributed by atoms with Crippen molar-refractivity contribution >= 4 is 44.0 Å². The lowest BCUT2D eigenvalue weighted by molar-refractivity contribution is 0.652. The van der Waals surface area contributed by atoms with Crippen molar-refractivity contribution in [3.05, 3.63) is 52.5 Å². The van der Waals surface area contributed by atoms with E-state index >= 15 is 0 Å². The molecule has 0 spiro atoms. The van der Waals surface area contributed by atoms with E-state index in [1.165, 1.54) is 21.5 Å². The average Bonchev–Trinajstić information content (AvgIpc) is 3.03. The van der Waals surface area contributed by atoms with Gasteiger partial charge in [-0.05, 0) is 49.2 Å². The first kappa shape index (κ1) is 15.7. The molecule has 0 bridgehead atoms. The van der Waals surface area contributed by atoms with E-state index in [1.807, 2.05) is 18.2 Å². The molecule has 2 aromatic carbocycles. The molecule has 0 saturated carbocycles. The third kappa shape index (κ3) is 2.85. The number of thiazole rings is 1. The predicted octanol–water partition coefficient (Wildman–Crippen LogP) is 4.89. The summed E-state index contributed by atoms with van der Waals surface area (Å²) in [4.78, 5) is 9.71. The summed E-state index contributed by atoms with van der Waals surface area (Å²) in [6.07, 6.45) is 0. The summed E-state index contributed by atoms with van der Waals surface area (Å²) in [5, 5.41) is 1.94. The van der Waals surface area contributed by atoms with Crippen LogP contribution in [-0.4, -0.2) is 31.2 Å². The van der Waals surface area contributed by atoms with E-state index in [1.54, 1.807) is 11.3 Å². The minimum absolute atomic E-state index is 0.798. The number of aromatic nitrogens is 1. The second kappa shape index (κ2) is 6.26. The van der Waals surface area contributed by atoms with Crippen molar-refractivity contribution in [1.82, 2.24) is 4.98 Å². The van der Waals surface area contributed by atoms with Crippen LogP contribution >= 0.6 is 22.9 Å². The number of benzene rings is 2. The molecule has 0 amide bonds. The van der Waals surface area contributed by atoms with Gasteiger partial charge in [-0.3, -0.25) is 0 Å². The molecule has 124 valence electrons. The van der Waals surface area contributed by atoms with E-state index in [0.29, 0.717) is 0 Å². The van der Waals surface area contributed by atoms with E-state index in [-0.39, 0.29) is 0 Å². The maximum absolute atomic E-state index is 6.12. The molecule has 0 aliphatic carbocycles. The van der Waals surface area contributed by atoms with Gasteiger partial charge in [0.05, 0.1) is 10.2 Å². The molecular weight excluding hydrogens is 338 g/mol. The summed E-state index contributed by atoms with van der Waals surface area (Å²) in [5.41, 5.74) is 4.97. The van der Waals surface area contributed by atoms with Gasteiger partial charge < -0.3 is 9.80 Å². The fraction of sp³-hybridized carbons (Fsp3) is 0.316. The van der Waals surface area contributed by atoms with Crippen molar-refractivity contribution in [3.8, 4) is 0 Å². The third-order valence-electron chi connectivity index (χ3n) is 4.80. The first-order valence-corrected chi connectivity index (χ1v) is 9.43. The summed E-state index contributed by atoms with van der Waals surface area (Å²) in [7, 11) is 0. The third-order valence-corrected chi connectivity index (χ3v) is 6.11. The second-order valence-electron chi connectivity index (χ2n) is 6.30. The molecule has 4 rings (SSSR count). The molecule has 5 heteroatoms. The Morgan fingerprint density at radius 3 is 2.50 bits per heavy atom. The van der Waals surface area contributed by atoms with E-state index in [2.05, 4.69) is 41.8 Å². The van der Waals surface area contributed by atoms with E-state index in [9.17, 15) is 0 Å². The Hall–Kier alpha value is -1.78. The van der Waals surface area contributed by atoms with Gasteiger partial charge >= 0.3 is 0 Å². The predicted molar refractivity (Wildman–Crippen MR) is 105 cm³/mol. The highest BCUT2D eigenvalue weighted by Crippen LogP contribution is 2.32. The molecular formula is C19H20ClN3S. The highest BCUT2D eigenvalue weighted by Gasteiger charge is 2.20. The van der Waals surface area contributed by atoms with Gasteiger partial charge in [0.1, 0.15) is 0 Å². The van der Waals surface area contributed by atoms with Crippen LogP contribution in [0.15, 0.2) is 36.4 Å². The lowest BCUT2D eigenvalue weighted by atomic mass is 10.1. The molecule has 24 heavy (non-hydrogen) atoms. The summed E-state index contributed by atoms with van der Waals surface area (Å²) in [5.74, 6) is 0. The van der Waals surface area contributed by atoms with Crippen LogP contribution in [0.4, 0.5) is 10.8 Å². The Morgan fingerprint density at radius 2 is 1.75 bits per heavy atom. The van der Waals surface area contributed by atoms with Crippen molar-refractivity contribution in [2.24, 2.45) is 0 Å². The van der Waals surface area contributed by atoms with Crippen molar-refractivity contribution in [3.63, 3.8) is 0 Å². The molecule has 1 aliphatic heterocycles. The molecule has 2 heterocycles. The summed E-state index contributed by atoms with van der Waals surface area (Å²) >= 11 is 7.92. The minimum Gasteiger partial charge on any atom is -0.368 e.